The molecular weight excluding hydrogens is 248 g/mol. The van der Waals surface area contributed by atoms with Crippen molar-refractivity contribution in [1.82, 2.24) is 0 Å². The van der Waals surface area contributed by atoms with Gasteiger partial charge in [0.1, 0.15) is 0 Å². The first-order chi connectivity index (χ1) is 8.40. The van der Waals surface area contributed by atoms with Gasteiger partial charge in [0.2, 0.25) is 0 Å². The van der Waals surface area contributed by atoms with Crippen LogP contribution in [0.3, 0.4) is 0 Å². The molecule has 1 saturated carbocycles. The molecule has 0 aromatic heterocycles. The fourth-order valence-electron chi connectivity index (χ4n) is 3.13. The van der Waals surface area contributed by atoms with Crippen LogP contribution in [-0.2, 0) is 9.84 Å². The zero-order valence-corrected chi connectivity index (χ0v) is 12.6. The average Bonchev–Trinajstić information content (AvgIpc) is 2.66. The van der Waals surface area contributed by atoms with Crippen LogP contribution >= 0.6 is 0 Å². The topological polar surface area (TPSA) is 54.4 Å². The fraction of sp³-hybridized carbons (Fsp3) is 1.00. The summed E-state index contributed by atoms with van der Waals surface area (Å²) >= 11 is 0. The van der Waals surface area contributed by atoms with Crippen molar-refractivity contribution in [3.05, 3.63) is 0 Å². The van der Waals surface area contributed by atoms with Crippen LogP contribution in [0.1, 0.15) is 71.1 Å². The zero-order chi connectivity index (χ0) is 13.6. The number of hydrogen-bond acceptors (Lipinski definition) is 3. The van der Waals surface area contributed by atoms with Crippen LogP contribution < -0.4 is 0 Å². The molecule has 3 nitrogen and oxygen atoms in total. The Morgan fingerprint density at radius 1 is 1.17 bits per heavy atom. The smallest absolute Gasteiger partial charge is 0.153 e. The van der Waals surface area contributed by atoms with E-state index < -0.39 is 20.7 Å². The second kappa shape index (κ2) is 6.90. The summed E-state index contributed by atoms with van der Waals surface area (Å²) in [6, 6.07) is 0. The van der Waals surface area contributed by atoms with E-state index in [2.05, 4.69) is 6.92 Å². The molecule has 0 aliphatic heterocycles. The largest absolute Gasteiger partial charge is 0.389 e. The fourth-order valence-corrected chi connectivity index (χ4v) is 4.76. The van der Waals surface area contributed by atoms with Gasteiger partial charge in [-0.25, -0.2) is 8.42 Å². The number of hydrogen-bond donors (Lipinski definition) is 1. The van der Waals surface area contributed by atoms with Crippen molar-refractivity contribution in [1.29, 1.82) is 0 Å². The molecule has 0 amide bonds. The molecule has 1 aliphatic rings. The molecule has 1 fully saturated rings. The van der Waals surface area contributed by atoms with Gasteiger partial charge in [0, 0.05) is 6.26 Å². The molecule has 18 heavy (non-hydrogen) atoms. The molecule has 0 saturated heterocycles. The molecular formula is C14H28O3S. The van der Waals surface area contributed by atoms with Gasteiger partial charge in [0.05, 0.1) is 10.9 Å². The molecule has 2 atom stereocenters. The molecule has 1 N–H and O–H groups in total. The predicted octanol–water partition coefficient (Wildman–Crippen LogP) is 3.07. The van der Waals surface area contributed by atoms with E-state index in [4.69, 9.17) is 0 Å². The lowest BCUT2D eigenvalue weighted by Gasteiger charge is -2.28. The van der Waals surface area contributed by atoms with Crippen molar-refractivity contribution in [2.45, 2.75) is 82.0 Å². The van der Waals surface area contributed by atoms with E-state index in [1.54, 1.807) is 0 Å². The van der Waals surface area contributed by atoms with Crippen LogP contribution in [0.15, 0.2) is 0 Å². The van der Waals surface area contributed by atoms with E-state index in [1.165, 1.54) is 31.9 Å². The van der Waals surface area contributed by atoms with Crippen LogP contribution in [0.5, 0.6) is 0 Å². The van der Waals surface area contributed by atoms with Crippen molar-refractivity contribution in [3.8, 4) is 0 Å². The number of sulfone groups is 1. The summed E-state index contributed by atoms with van der Waals surface area (Å²) in [7, 11) is -3.11. The van der Waals surface area contributed by atoms with Crippen LogP contribution in [-0.4, -0.2) is 30.6 Å². The lowest BCUT2D eigenvalue weighted by atomic mass is 9.94. The van der Waals surface area contributed by atoms with Gasteiger partial charge in [-0.1, -0.05) is 45.4 Å². The van der Waals surface area contributed by atoms with Crippen molar-refractivity contribution in [3.63, 3.8) is 0 Å². The summed E-state index contributed by atoms with van der Waals surface area (Å²) in [6.07, 6.45) is 11.1. The van der Waals surface area contributed by atoms with Crippen LogP contribution in [0.4, 0.5) is 0 Å². The van der Waals surface area contributed by atoms with Gasteiger partial charge in [-0.15, -0.1) is 0 Å². The summed E-state index contributed by atoms with van der Waals surface area (Å²) in [5, 5.41) is 9.98. The van der Waals surface area contributed by atoms with Crippen molar-refractivity contribution in [2.75, 3.05) is 6.26 Å². The SMILES string of the molecule is CCCCCCCCC1(O)CCCC1S(C)(=O)=O. The Labute approximate surface area is 112 Å². The second-order valence-electron chi connectivity index (χ2n) is 5.83. The minimum Gasteiger partial charge on any atom is -0.389 e. The molecule has 2 unspecified atom stereocenters. The predicted molar refractivity (Wildman–Crippen MR) is 75.4 cm³/mol. The molecule has 0 heterocycles. The van der Waals surface area contributed by atoms with Crippen molar-refractivity contribution in [2.24, 2.45) is 0 Å². The first kappa shape index (κ1) is 16.0. The zero-order valence-electron chi connectivity index (χ0n) is 11.8. The third-order valence-electron chi connectivity index (χ3n) is 4.16. The van der Waals surface area contributed by atoms with Gasteiger partial charge in [-0.05, 0) is 25.7 Å². The molecule has 0 spiro atoms. The maximum atomic E-state index is 11.7. The third kappa shape index (κ3) is 4.54. The Hall–Kier alpha value is -0.0900. The Morgan fingerprint density at radius 2 is 1.78 bits per heavy atom. The highest BCUT2D eigenvalue weighted by Gasteiger charge is 2.45. The molecule has 1 aliphatic carbocycles. The minimum absolute atomic E-state index is 0.527. The lowest BCUT2D eigenvalue weighted by Crippen LogP contribution is -2.42. The van der Waals surface area contributed by atoms with Gasteiger partial charge in [0.25, 0.3) is 0 Å². The van der Waals surface area contributed by atoms with E-state index in [1.807, 2.05) is 0 Å². The quantitative estimate of drug-likeness (QED) is 0.693. The third-order valence-corrected chi connectivity index (χ3v) is 5.86. The summed E-state index contributed by atoms with van der Waals surface area (Å²) in [5.74, 6) is 0. The summed E-state index contributed by atoms with van der Waals surface area (Å²) in [5.41, 5.74) is -0.946. The van der Waals surface area contributed by atoms with Crippen molar-refractivity contribution < 1.29 is 13.5 Å². The molecule has 0 aromatic rings. The Kier molecular flexibility index (Phi) is 6.12. The Morgan fingerprint density at radius 3 is 2.39 bits per heavy atom. The van der Waals surface area contributed by atoms with Gasteiger partial charge < -0.3 is 5.11 Å². The highest BCUT2D eigenvalue weighted by molar-refractivity contribution is 7.91. The van der Waals surface area contributed by atoms with E-state index in [9.17, 15) is 13.5 Å². The highest BCUT2D eigenvalue weighted by Crippen LogP contribution is 2.38. The average molecular weight is 276 g/mol. The molecule has 4 heteroatoms. The molecule has 1 rings (SSSR count). The normalized spacial score (nSPS) is 28.7. The van der Waals surface area contributed by atoms with E-state index in [0.717, 1.165) is 19.3 Å². The first-order valence-corrected chi connectivity index (χ1v) is 9.27. The summed E-state index contributed by atoms with van der Waals surface area (Å²) < 4.78 is 23.3. The van der Waals surface area contributed by atoms with E-state index >= 15 is 0 Å². The molecule has 0 aromatic carbocycles. The number of aliphatic hydroxyl groups is 1. The molecule has 0 bridgehead atoms. The van der Waals surface area contributed by atoms with E-state index in [-0.39, 0.29) is 0 Å². The Bertz CT molecular complexity index is 337. The minimum atomic E-state index is -3.11. The van der Waals surface area contributed by atoms with Crippen LogP contribution in [0.25, 0.3) is 0 Å². The van der Waals surface area contributed by atoms with Gasteiger partial charge in [-0.3, -0.25) is 0 Å². The maximum absolute atomic E-state index is 11.7. The van der Waals surface area contributed by atoms with Gasteiger partial charge >= 0.3 is 0 Å². The van der Waals surface area contributed by atoms with Gasteiger partial charge in [0.15, 0.2) is 9.84 Å². The lowest BCUT2D eigenvalue weighted by molar-refractivity contribution is 0.0392. The van der Waals surface area contributed by atoms with Gasteiger partial charge in [-0.2, -0.15) is 0 Å². The van der Waals surface area contributed by atoms with Crippen LogP contribution in [0.2, 0.25) is 0 Å². The highest BCUT2D eigenvalue weighted by atomic mass is 32.2. The monoisotopic (exact) mass is 276 g/mol. The first-order valence-electron chi connectivity index (χ1n) is 7.31. The summed E-state index contributed by atoms with van der Waals surface area (Å²) in [4.78, 5) is 0. The van der Waals surface area contributed by atoms with Crippen LogP contribution in [0, 0.1) is 0 Å². The number of unbranched alkanes of at least 4 members (excludes halogenated alkanes) is 5. The second-order valence-corrected chi connectivity index (χ2v) is 8.06. The molecule has 0 radical (unpaired) electrons. The Balaban J connectivity index is 2.35. The van der Waals surface area contributed by atoms with E-state index in [0.29, 0.717) is 19.3 Å². The standard InChI is InChI=1S/C14H28O3S/c1-3-4-5-6-7-8-11-14(15)12-9-10-13(14)18(2,16)17/h13,15H,3-12H2,1-2H3. The summed E-state index contributed by atoms with van der Waals surface area (Å²) in [6.45, 7) is 2.19. The number of rotatable bonds is 8. The van der Waals surface area contributed by atoms with Crippen molar-refractivity contribution >= 4 is 9.84 Å². The molecule has 108 valence electrons. The maximum Gasteiger partial charge on any atom is 0.153 e.